The lowest BCUT2D eigenvalue weighted by molar-refractivity contribution is 0.0951. The maximum atomic E-state index is 12.2. The lowest BCUT2D eigenvalue weighted by Crippen LogP contribution is -2.46. The fraction of sp³-hybridized carbons (Fsp3) is 0.429. The number of hydrogen-bond acceptors (Lipinski definition) is 4. The van der Waals surface area contributed by atoms with Crippen LogP contribution < -0.4 is 10.2 Å². The van der Waals surface area contributed by atoms with Crippen molar-refractivity contribution >= 4 is 27.5 Å². The third-order valence-electron chi connectivity index (χ3n) is 4.91. The van der Waals surface area contributed by atoms with E-state index in [9.17, 15) is 4.79 Å². The molecular formula is C21H27BrN4O. The number of carbonyl (C=O) groups is 1. The van der Waals surface area contributed by atoms with E-state index in [4.69, 9.17) is 0 Å². The van der Waals surface area contributed by atoms with Crippen LogP contribution in [0.2, 0.25) is 0 Å². The normalized spacial score (nSPS) is 15.0. The first-order valence-electron chi connectivity index (χ1n) is 9.57. The molecule has 1 fully saturated rings. The summed E-state index contributed by atoms with van der Waals surface area (Å²) >= 11 is 3.36. The zero-order valence-corrected chi connectivity index (χ0v) is 17.4. The third-order valence-corrected chi connectivity index (χ3v) is 5.52. The molecule has 2 heterocycles. The molecule has 0 radical (unpaired) electrons. The SMILES string of the molecule is Cc1ccc(C(=O)NCCCCN2CCN(c3ccccc3)CC2)c(Br)n1. The Balaban J connectivity index is 1.31. The molecule has 1 N–H and O–H groups in total. The van der Waals surface area contributed by atoms with E-state index in [-0.39, 0.29) is 5.91 Å². The first kappa shape index (κ1) is 19.8. The van der Waals surface area contributed by atoms with Crippen LogP contribution in [0.1, 0.15) is 28.9 Å². The number of aromatic nitrogens is 1. The molecule has 1 amide bonds. The van der Waals surface area contributed by atoms with Crippen molar-refractivity contribution in [3.63, 3.8) is 0 Å². The highest BCUT2D eigenvalue weighted by Gasteiger charge is 2.16. The molecule has 0 bridgehead atoms. The Kier molecular flexibility index (Phi) is 7.24. The molecule has 0 aliphatic carbocycles. The predicted molar refractivity (Wildman–Crippen MR) is 113 cm³/mol. The Labute approximate surface area is 169 Å². The van der Waals surface area contributed by atoms with Crippen molar-refractivity contribution in [2.45, 2.75) is 19.8 Å². The van der Waals surface area contributed by atoms with Crippen LogP contribution in [-0.2, 0) is 0 Å². The first-order chi connectivity index (χ1) is 13.1. The van der Waals surface area contributed by atoms with Crippen LogP contribution in [0, 0.1) is 6.92 Å². The molecule has 1 aromatic heterocycles. The number of halogens is 1. The van der Waals surface area contributed by atoms with Gasteiger partial charge in [-0.05, 0) is 66.5 Å². The predicted octanol–water partition coefficient (Wildman–Crippen LogP) is 3.48. The quantitative estimate of drug-likeness (QED) is 0.539. The molecule has 1 aliphatic heterocycles. The highest BCUT2D eigenvalue weighted by Crippen LogP contribution is 2.16. The van der Waals surface area contributed by atoms with E-state index in [0.29, 0.717) is 16.7 Å². The molecule has 3 rings (SSSR count). The van der Waals surface area contributed by atoms with Gasteiger partial charge < -0.3 is 10.2 Å². The van der Waals surface area contributed by atoms with Gasteiger partial charge in [-0.15, -0.1) is 0 Å². The Morgan fingerprint density at radius 1 is 1.07 bits per heavy atom. The van der Waals surface area contributed by atoms with E-state index in [0.717, 1.165) is 51.3 Å². The molecule has 0 spiro atoms. The number of anilines is 1. The third kappa shape index (κ3) is 5.78. The second kappa shape index (κ2) is 9.85. The molecule has 1 aromatic carbocycles. The Hall–Kier alpha value is -1.92. The van der Waals surface area contributed by atoms with Crippen molar-refractivity contribution in [3.8, 4) is 0 Å². The van der Waals surface area contributed by atoms with Crippen LogP contribution in [0.25, 0.3) is 0 Å². The van der Waals surface area contributed by atoms with E-state index < -0.39 is 0 Å². The molecule has 0 atom stereocenters. The number of benzene rings is 1. The van der Waals surface area contributed by atoms with Crippen molar-refractivity contribution in [2.75, 3.05) is 44.2 Å². The summed E-state index contributed by atoms with van der Waals surface area (Å²) in [5, 5.41) is 2.99. The highest BCUT2D eigenvalue weighted by molar-refractivity contribution is 9.10. The molecule has 0 saturated carbocycles. The number of unbranched alkanes of at least 4 members (excludes halogenated alkanes) is 1. The topological polar surface area (TPSA) is 48.5 Å². The smallest absolute Gasteiger partial charge is 0.254 e. The fourth-order valence-corrected chi connectivity index (χ4v) is 3.91. The molecule has 1 aliphatic rings. The van der Waals surface area contributed by atoms with Gasteiger partial charge in [-0.1, -0.05) is 18.2 Å². The van der Waals surface area contributed by atoms with Gasteiger partial charge in [0.05, 0.1) is 5.56 Å². The highest BCUT2D eigenvalue weighted by atomic mass is 79.9. The number of rotatable bonds is 7. The summed E-state index contributed by atoms with van der Waals surface area (Å²) in [6, 6.07) is 14.3. The number of piperazine rings is 1. The van der Waals surface area contributed by atoms with E-state index in [2.05, 4.69) is 66.4 Å². The molecule has 0 unspecified atom stereocenters. The minimum Gasteiger partial charge on any atom is -0.369 e. The summed E-state index contributed by atoms with van der Waals surface area (Å²) in [6.07, 6.45) is 2.08. The van der Waals surface area contributed by atoms with Gasteiger partial charge in [0.2, 0.25) is 0 Å². The van der Waals surface area contributed by atoms with Crippen molar-refractivity contribution in [2.24, 2.45) is 0 Å². The van der Waals surface area contributed by atoms with Gasteiger partial charge in [-0.25, -0.2) is 4.98 Å². The van der Waals surface area contributed by atoms with Crippen LogP contribution >= 0.6 is 15.9 Å². The average Bonchev–Trinajstić information content (AvgIpc) is 2.69. The Bertz CT molecular complexity index is 745. The number of nitrogens with one attached hydrogen (secondary N) is 1. The number of hydrogen-bond donors (Lipinski definition) is 1. The van der Waals surface area contributed by atoms with Crippen LogP contribution in [-0.4, -0.2) is 55.1 Å². The maximum absolute atomic E-state index is 12.2. The molecule has 5 nitrogen and oxygen atoms in total. The Morgan fingerprint density at radius 3 is 2.52 bits per heavy atom. The van der Waals surface area contributed by atoms with Gasteiger partial charge in [-0.2, -0.15) is 0 Å². The minimum absolute atomic E-state index is 0.0640. The number of pyridine rings is 1. The first-order valence-corrected chi connectivity index (χ1v) is 10.4. The second-order valence-electron chi connectivity index (χ2n) is 6.92. The number of para-hydroxylation sites is 1. The lowest BCUT2D eigenvalue weighted by Gasteiger charge is -2.36. The fourth-order valence-electron chi connectivity index (χ4n) is 3.32. The van der Waals surface area contributed by atoms with Gasteiger partial charge in [0.15, 0.2) is 0 Å². The number of carbonyl (C=O) groups excluding carboxylic acids is 1. The van der Waals surface area contributed by atoms with Crippen molar-refractivity contribution < 1.29 is 4.79 Å². The molecule has 27 heavy (non-hydrogen) atoms. The van der Waals surface area contributed by atoms with E-state index in [1.54, 1.807) is 0 Å². The zero-order valence-electron chi connectivity index (χ0n) is 15.8. The van der Waals surface area contributed by atoms with Gasteiger partial charge in [0, 0.05) is 44.1 Å². The van der Waals surface area contributed by atoms with E-state index in [1.807, 2.05) is 19.1 Å². The number of aryl methyl sites for hydroxylation is 1. The zero-order chi connectivity index (χ0) is 19.1. The molecule has 2 aromatic rings. The molecule has 144 valence electrons. The summed E-state index contributed by atoms with van der Waals surface area (Å²) in [6.45, 7) is 8.06. The van der Waals surface area contributed by atoms with Crippen LogP contribution in [0.3, 0.4) is 0 Å². The minimum atomic E-state index is -0.0640. The summed E-state index contributed by atoms with van der Waals surface area (Å²) in [7, 11) is 0. The summed E-state index contributed by atoms with van der Waals surface area (Å²) in [5.74, 6) is -0.0640. The van der Waals surface area contributed by atoms with E-state index in [1.165, 1.54) is 5.69 Å². The Morgan fingerprint density at radius 2 is 1.81 bits per heavy atom. The summed E-state index contributed by atoms with van der Waals surface area (Å²) in [5.41, 5.74) is 2.81. The van der Waals surface area contributed by atoms with Crippen LogP contribution in [0.5, 0.6) is 0 Å². The van der Waals surface area contributed by atoms with Crippen molar-refractivity contribution in [3.05, 3.63) is 58.3 Å². The summed E-state index contributed by atoms with van der Waals surface area (Å²) in [4.78, 5) is 21.5. The van der Waals surface area contributed by atoms with Crippen molar-refractivity contribution in [1.29, 1.82) is 0 Å². The van der Waals surface area contributed by atoms with Gasteiger partial charge >= 0.3 is 0 Å². The van der Waals surface area contributed by atoms with Gasteiger partial charge in [0.25, 0.3) is 5.91 Å². The number of amides is 1. The molecule has 1 saturated heterocycles. The van der Waals surface area contributed by atoms with Crippen molar-refractivity contribution in [1.82, 2.24) is 15.2 Å². The van der Waals surface area contributed by atoms with Crippen LogP contribution in [0.15, 0.2) is 47.1 Å². The lowest BCUT2D eigenvalue weighted by atomic mass is 10.2. The molecule has 6 heteroatoms. The van der Waals surface area contributed by atoms with Gasteiger partial charge in [-0.3, -0.25) is 9.69 Å². The standard InChI is InChI=1S/C21H27BrN4O/c1-17-9-10-19(20(22)24-17)21(27)23-11-5-6-12-25-13-15-26(16-14-25)18-7-3-2-4-8-18/h2-4,7-10H,5-6,11-16H2,1H3,(H,23,27). The average molecular weight is 431 g/mol. The van der Waals surface area contributed by atoms with E-state index >= 15 is 0 Å². The number of nitrogens with zero attached hydrogens (tertiary/aromatic N) is 3. The monoisotopic (exact) mass is 430 g/mol. The molecular weight excluding hydrogens is 404 g/mol. The largest absolute Gasteiger partial charge is 0.369 e. The maximum Gasteiger partial charge on any atom is 0.254 e. The van der Waals surface area contributed by atoms with Gasteiger partial charge in [0.1, 0.15) is 4.60 Å². The second-order valence-corrected chi connectivity index (χ2v) is 7.67. The van der Waals surface area contributed by atoms with Crippen LogP contribution in [0.4, 0.5) is 5.69 Å². The summed E-state index contributed by atoms with van der Waals surface area (Å²) < 4.78 is 0.608.